The van der Waals surface area contributed by atoms with Gasteiger partial charge in [-0.3, -0.25) is 4.79 Å². The Morgan fingerprint density at radius 3 is 2.30 bits per heavy atom. The number of nitrogens with zero attached hydrogens (tertiary/aromatic N) is 3. The number of hydrogen-bond acceptors (Lipinski definition) is 4. The van der Waals surface area contributed by atoms with Gasteiger partial charge in [0.05, 0.1) is 0 Å². The van der Waals surface area contributed by atoms with E-state index in [0.717, 1.165) is 37.3 Å². The van der Waals surface area contributed by atoms with Gasteiger partial charge in [0.2, 0.25) is 0 Å². The van der Waals surface area contributed by atoms with E-state index in [9.17, 15) is 4.79 Å². The summed E-state index contributed by atoms with van der Waals surface area (Å²) in [5, 5.41) is 11.2. The summed E-state index contributed by atoms with van der Waals surface area (Å²) in [6.07, 6.45) is 2.13. The molecule has 0 saturated heterocycles. The number of rotatable bonds is 7. The predicted octanol–water partition coefficient (Wildman–Crippen LogP) is 3.66. The first-order valence-corrected chi connectivity index (χ1v) is 8.11. The van der Waals surface area contributed by atoms with Crippen LogP contribution in [0.5, 0.6) is 0 Å². The average Bonchev–Trinajstić information content (AvgIpc) is 2.56. The fraction of sp³-hybridized carbons (Fsp3) is 0.389. The molecule has 2 rings (SSSR count). The molecule has 0 spiro atoms. The molecule has 1 heterocycles. The molecule has 0 aliphatic heterocycles. The zero-order valence-corrected chi connectivity index (χ0v) is 14.0. The lowest BCUT2D eigenvalue weighted by Crippen LogP contribution is -2.26. The quantitative estimate of drug-likeness (QED) is 0.847. The fourth-order valence-corrected chi connectivity index (χ4v) is 2.45. The van der Waals surface area contributed by atoms with Crippen LogP contribution in [0.2, 0.25) is 0 Å². The van der Waals surface area contributed by atoms with Crippen LogP contribution in [0.25, 0.3) is 0 Å². The minimum absolute atomic E-state index is 0.163. The lowest BCUT2D eigenvalue weighted by molar-refractivity contribution is 0.102. The molecule has 0 fully saturated rings. The fourth-order valence-electron chi connectivity index (χ4n) is 2.45. The van der Waals surface area contributed by atoms with E-state index in [4.69, 9.17) is 0 Å². The van der Waals surface area contributed by atoms with Crippen LogP contribution in [0.15, 0.2) is 36.4 Å². The number of hydrogen-bond donors (Lipinski definition) is 1. The van der Waals surface area contributed by atoms with E-state index >= 15 is 0 Å². The molecule has 1 amide bonds. The molecule has 0 aliphatic rings. The maximum Gasteiger partial charge on any atom is 0.257 e. The highest BCUT2D eigenvalue weighted by Crippen LogP contribution is 2.14. The third kappa shape index (κ3) is 4.52. The molecule has 2 aromatic rings. The molecule has 23 heavy (non-hydrogen) atoms. The molecule has 5 heteroatoms. The second-order valence-corrected chi connectivity index (χ2v) is 5.53. The van der Waals surface area contributed by atoms with Crippen LogP contribution in [-0.4, -0.2) is 29.2 Å². The van der Waals surface area contributed by atoms with Crippen molar-refractivity contribution in [2.24, 2.45) is 0 Å². The van der Waals surface area contributed by atoms with E-state index in [1.165, 1.54) is 0 Å². The van der Waals surface area contributed by atoms with Crippen LogP contribution in [0.1, 0.15) is 42.6 Å². The molecule has 0 unspecified atom stereocenters. The smallest absolute Gasteiger partial charge is 0.257 e. The van der Waals surface area contributed by atoms with Gasteiger partial charge >= 0.3 is 0 Å². The van der Waals surface area contributed by atoms with Gasteiger partial charge in [0, 0.05) is 18.7 Å². The van der Waals surface area contributed by atoms with Gasteiger partial charge in [0.1, 0.15) is 0 Å². The predicted molar refractivity (Wildman–Crippen MR) is 94.0 cm³/mol. The Morgan fingerprint density at radius 2 is 1.74 bits per heavy atom. The minimum Gasteiger partial charge on any atom is -0.355 e. The van der Waals surface area contributed by atoms with E-state index < -0.39 is 0 Å². The van der Waals surface area contributed by atoms with E-state index in [2.05, 4.69) is 34.3 Å². The molecule has 1 N–H and O–H groups in total. The van der Waals surface area contributed by atoms with Crippen molar-refractivity contribution in [3.05, 3.63) is 47.5 Å². The minimum atomic E-state index is -0.163. The van der Waals surface area contributed by atoms with Gasteiger partial charge < -0.3 is 10.2 Å². The van der Waals surface area contributed by atoms with Gasteiger partial charge in [-0.2, -0.15) is 0 Å². The first kappa shape index (κ1) is 16.9. The SMILES string of the molecule is CCCN(CCC)c1ccc(NC(=O)c2ccccc2C)nn1. The topological polar surface area (TPSA) is 58.1 Å². The highest BCUT2D eigenvalue weighted by Gasteiger charge is 2.11. The molecule has 0 radical (unpaired) electrons. The molecule has 122 valence electrons. The summed E-state index contributed by atoms with van der Waals surface area (Å²) in [4.78, 5) is 14.5. The normalized spacial score (nSPS) is 10.4. The maximum absolute atomic E-state index is 12.3. The summed E-state index contributed by atoms with van der Waals surface area (Å²) in [6, 6.07) is 11.2. The van der Waals surface area contributed by atoms with E-state index in [-0.39, 0.29) is 5.91 Å². The third-order valence-electron chi connectivity index (χ3n) is 3.59. The number of carbonyl (C=O) groups is 1. The van der Waals surface area contributed by atoms with Crippen molar-refractivity contribution in [2.45, 2.75) is 33.6 Å². The molecular weight excluding hydrogens is 288 g/mol. The number of benzene rings is 1. The average molecular weight is 312 g/mol. The Hall–Kier alpha value is -2.43. The standard InChI is InChI=1S/C18H24N4O/c1-4-12-22(13-5-2)17-11-10-16(20-21-17)19-18(23)15-9-7-6-8-14(15)3/h6-11H,4-5,12-13H2,1-3H3,(H,19,20,23). The molecular formula is C18H24N4O. The summed E-state index contributed by atoms with van der Waals surface area (Å²) in [5.74, 6) is 1.15. The van der Waals surface area contributed by atoms with Crippen LogP contribution in [0.4, 0.5) is 11.6 Å². The molecule has 1 aromatic heterocycles. The molecule has 5 nitrogen and oxygen atoms in total. The number of nitrogens with one attached hydrogen (secondary N) is 1. The summed E-state index contributed by atoms with van der Waals surface area (Å²) in [5.41, 5.74) is 1.59. The lowest BCUT2D eigenvalue weighted by Gasteiger charge is -2.21. The Morgan fingerprint density at radius 1 is 1.04 bits per heavy atom. The van der Waals surface area contributed by atoms with Crippen molar-refractivity contribution in [1.29, 1.82) is 0 Å². The summed E-state index contributed by atoms with van der Waals surface area (Å²) in [6.45, 7) is 8.12. The van der Waals surface area contributed by atoms with E-state index in [1.807, 2.05) is 31.2 Å². The third-order valence-corrected chi connectivity index (χ3v) is 3.59. The van der Waals surface area contributed by atoms with Crippen LogP contribution in [0, 0.1) is 6.92 Å². The highest BCUT2D eigenvalue weighted by atomic mass is 16.1. The van der Waals surface area contributed by atoms with E-state index in [1.54, 1.807) is 12.1 Å². The number of carbonyl (C=O) groups excluding carboxylic acids is 1. The Balaban J connectivity index is 2.07. The van der Waals surface area contributed by atoms with Crippen LogP contribution in [0.3, 0.4) is 0 Å². The van der Waals surface area contributed by atoms with Crippen LogP contribution in [-0.2, 0) is 0 Å². The Bertz CT molecular complexity index is 634. The Kier molecular flexibility index (Phi) is 6.09. The zero-order chi connectivity index (χ0) is 16.7. The van der Waals surface area contributed by atoms with Crippen LogP contribution < -0.4 is 10.2 Å². The maximum atomic E-state index is 12.3. The van der Waals surface area contributed by atoms with Crippen LogP contribution >= 0.6 is 0 Å². The number of aromatic nitrogens is 2. The van der Waals surface area contributed by atoms with E-state index in [0.29, 0.717) is 11.4 Å². The van der Waals surface area contributed by atoms with Gasteiger partial charge in [-0.15, -0.1) is 10.2 Å². The van der Waals surface area contributed by atoms with Crippen molar-refractivity contribution in [3.63, 3.8) is 0 Å². The second-order valence-electron chi connectivity index (χ2n) is 5.53. The van der Waals surface area contributed by atoms with Crippen molar-refractivity contribution < 1.29 is 4.79 Å². The van der Waals surface area contributed by atoms with Gasteiger partial charge in [-0.25, -0.2) is 0 Å². The highest BCUT2D eigenvalue weighted by molar-refractivity contribution is 6.04. The van der Waals surface area contributed by atoms with Crippen molar-refractivity contribution in [2.75, 3.05) is 23.3 Å². The molecule has 0 bridgehead atoms. The molecule has 1 aromatic carbocycles. The van der Waals surface area contributed by atoms with Gasteiger partial charge in [-0.05, 0) is 43.5 Å². The summed E-state index contributed by atoms with van der Waals surface area (Å²) < 4.78 is 0. The van der Waals surface area contributed by atoms with Gasteiger partial charge in [0.15, 0.2) is 11.6 Å². The largest absolute Gasteiger partial charge is 0.355 e. The first-order valence-electron chi connectivity index (χ1n) is 8.11. The number of anilines is 2. The molecule has 0 atom stereocenters. The Labute approximate surface area is 137 Å². The number of aryl methyl sites for hydroxylation is 1. The number of amides is 1. The lowest BCUT2D eigenvalue weighted by atomic mass is 10.1. The van der Waals surface area contributed by atoms with Gasteiger partial charge in [0.25, 0.3) is 5.91 Å². The first-order chi connectivity index (χ1) is 11.2. The molecule has 0 aliphatic carbocycles. The summed E-state index contributed by atoms with van der Waals surface area (Å²) >= 11 is 0. The second kappa shape index (κ2) is 8.27. The van der Waals surface area contributed by atoms with Crippen molar-refractivity contribution in [1.82, 2.24) is 10.2 Å². The van der Waals surface area contributed by atoms with Gasteiger partial charge in [-0.1, -0.05) is 32.0 Å². The zero-order valence-electron chi connectivity index (χ0n) is 14.0. The van der Waals surface area contributed by atoms with Crippen molar-refractivity contribution >= 4 is 17.5 Å². The summed E-state index contributed by atoms with van der Waals surface area (Å²) in [7, 11) is 0. The molecule has 0 saturated carbocycles. The van der Waals surface area contributed by atoms with Crippen molar-refractivity contribution in [3.8, 4) is 0 Å². The monoisotopic (exact) mass is 312 g/mol.